The molecule has 0 bridgehead atoms. The van der Waals surface area contributed by atoms with E-state index < -0.39 is 0 Å². The van der Waals surface area contributed by atoms with Crippen LogP contribution in [0.25, 0.3) is 10.9 Å². The third-order valence-electron chi connectivity index (χ3n) is 4.27. The lowest BCUT2D eigenvalue weighted by Gasteiger charge is -2.13. The highest BCUT2D eigenvalue weighted by atomic mass is 32.1. The van der Waals surface area contributed by atoms with E-state index >= 15 is 0 Å². The zero-order valence-electron chi connectivity index (χ0n) is 14.9. The molecule has 0 spiro atoms. The number of carbonyl (C=O) groups excluding carboxylic acids is 1. The number of fused-ring (bicyclic) bond motifs is 1. The van der Waals surface area contributed by atoms with Gasteiger partial charge in [-0.05, 0) is 48.1 Å². The number of anilines is 1. The second-order valence-corrected chi connectivity index (χ2v) is 6.68. The van der Waals surface area contributed by atoms with E-state index in [4.69, 9.17) is 12.2 Å². The maximum Gasteiger partial charge on any atom is 0.261 e. The number of rotatable bonds is 4. The molecule has 26 heavy (non-hydrogen) atoms. The first-order chi connectivity index (χ1) is 12.4. The number of benzene rings is 2. The molecular weight excluding hydrogens is 348 g/mol. The molecule has 1 amide bonds. The molecule has 2 aromatic carbocycles. The van der Waals surface area contributed by atoms with Crippen molar-refractivity contribution < 1.29 is 4.79 Å². The van der Waals surface area contributed by atoms with Gasteiger partial charge in [-0.15, -0.1) is 0 Å². The molecule has 3 aromatic rings. The molecule has 0 unspecified atom stereocenters. The summed E-state index contributed by atoms with van der Waals surface area (Å²) < 4.78 is 1.69. The van der Waals surface area contributed by atoms with Gasteiger partial charge in [0, 0.05) is 38.9 Å². The van der Waals surface area contributed by atoms with Gasteiger partial charge in [0.2, 0.25) is 0 Å². The molecule has 2 N–H and O–H groups in total. The highest BCUT2D eigenvalue weighted by Gasteiger charge is 2.09. The lowest BCUT2D eigenvalue weighted by Crippen LogP contribution is -2.23. The molecule has 0 atom stereocenters. The maximum absolute atomic E-state index is 12.4. The van der Waals surface area contributed by atoms with Gasteiger partial charge in [-0.25, -0.2) is 0 Å². The Balaban J connectivity index is 1.78. The standard InChI is InChI=1S/C19H20N4O2S/c1-22(2)14-7-4-12(5-8-14)11-20-17(24)13-6-9-15-16(10-13)21-19(26)23(3)18(15)25/h4-10H,11H2,1-3H3,(H,20,24)(H,21,26). The van der Waals surface area contributed by atoms with Gasteiger partial charge in [-0.2, -0.15) is 0 Å². The van der Waals surface area contributed by atoms with E-state index in [-0.39, 0.29) is 11.5 Å². The van der Waals surface area contributed by atoms with Crippen molar-refractivity contribution in [3.8, 4) is 0 Å². The number of nitrogens with one attached hydrogen (secondary N) is 2. The first-order valence-electron chi connectivity index (χ1n) is 8.14. The SMILES string of the molecule is CN(C)c1ccc(CNC(=O)c2ccc3c(=O)n(C)c(=S)[nH]c3c2)cc1. The summed E-state index contributed by atoms with van der Waals surface area (Å²) in [5, 5.41) is 3.39. The second-order valence-electron chi connectivity index (χ2n) is 6.30. The van der Waals surface area contributed by atoms with Crippen molar-refractivity contribution >= 4 is 34.7 Å². The molecule has 1 aromatic heterocycles. The van der Waals surface area contributed by atoms with Crippen LogP contribution in [0.4, 0.5) is 5.69 Å². The summed E-state index contributed by atoms with van der Waals surface area (Å²) in [6.45, 7) is 0.428. The van der Waals surface area contributed by atoms with Crippen LogP contribution in [0.5, 0.6) is 0 Å². The van der Waals surface area contributed by atoms with Crippen LogP contribution in [-0.2, 0) is 13.6 Å². The molecule has 0 saturated heterocycles. The van der Waals surface area contributed by atoms with Crippen molar-refractivity contribution in [2.45, 2.75) is 6.54 Å². The lowest BCUT2D eigenvalue weighted by atomic mass is 10.1. The van der Waals surface area contributed by atoms with Crippen LogP contribution in [0.15, 0.2) is 47.3 Å². The topological polar surface area (TPSA) is 70.1 Å². The summed E-state index contributed by atoms with van der Waals surface area (Å²) >= 11 is 5.12. The number of amides is 1. The molecular formula is C19H20N4O2S. The molecule has 1 heterocycles. The highest BCUT2D eigenvalue weighted by molar-refractivity contribution is 7.71. The third-order valence-corrected chi connectivity index (χ3v) is 4.64. The molecule has 0 radical (unpaired) electrons. The minimum absolute atomic E-state index is 0.184. The van der Waals surface area contributed by atoms with Crippen molar-refractivity contribution in [2.24, 2.45) is 7.05 Å². The predicted molar refractivity (Wildman–Crippen MR) is 106 cm³/mol. The fourth-order valence-corrected chi connectivity index (χ4v) is 2.84. The molecule has 6 nitrogen and oxygen atoms in total. The Morgan fingerprint density at radius 1 is 1.19 bits per heavy atom. The van der Waals surface area contributed by atoms with Gasteiger partial charge in [0.1, 0.15) is 0 Å². The molecule has 0 fully saturated rings. The van der Waals surface area contributed by atoms with E-state index in [1.807, 2.05) is 43.3 Å². The van der Waals surface area contributed by atoms with Crippen molar-refractivity contribution in [3.63, 3.8) is 0 Å². The maximum atomic E-state index is 12.4. The van der Waals surface area contributed by atoms with Crippen LogP contribution in [0, 0.1) is 4.77 Å². The van der Waals surface area contributed by atoms with Crippen molar-refractivity contribution in [3.05, 3.63) is 68.7 Å². The van der Waals surface area contributed by atoms with E-state index in [0.717, 1.165) is 11.3 Å². The molecule has 134 valence electrons. The monoisotopic (exact) mass is 368 g/mol. The van der Waals surface area contributed by atoms with Gasteiger partial charge >= 0.3 is 0 Å². The Kier molecular flexibility index (Phi) is 4.90. The normalized spacial score (nSPS) is 10.7. The summed E-state index contributed by atoms with van der Waals surface area (Å²) in [5.74, 6) is -0.205. The average Bonchev–Trinajstić information content (AvgIpc) is 2.64. The molecule has 3 rings (SSSR count). The molecule has 0 aliphatic heterocycles. The van der Waals surface area contributed by atoms with Gasteiger partial charge in [0.25, 0.3) is 11.5 Å². The van der Waals surface area contributed by atoms with Crippen LogP contribution < -0.4 is 15.8 Å². The minimum atomic E-state index is -0.205. The Morgan fingerprint density at radius 2 is 1.88 bits per heavy atom. The molecule has 0 aliphatic carbocycles. The average molecular weight is 368 g/mol. The van der Waals surface area contributed by atoms with Crippen LogP contribution in [0.2, 0.25) is 0 Å². The van der Waals surface area contributed by atoms with E-state index in [0.29, 0.717) is 27.8 Å². The largest absolute Gasteiger partial charge is 0.378 e. The smallest absolute Gasteiger partial charge is 0.261 e. The van der Waals surface area contributed by atoms with Crippen molar-refractivity contribution in [1.29, 1.82) is 0 Å². The van der Waals surface area contributed by atoms with Crippen LogP contribution in [0.3, 0.4) is 0 Å². The van der Waals surface area contributed by atoms with Crippen LogP contribution in [-0.4, -0.2) is 29.6 Å². The number of nitrogens with zero attached hydrogens (tertiary/aromatic N) is 2. The van der Waals surface area contributed by atoms with Crippen LogP contribution >= 0.6 is 12.2 Å². The predicted octanol–water partition coefficient (Wildman–Crippen LogP) is 2.59. The Bertz CT molecular complexity index is 1080. The summed E-state index contributed by atoms with van der Waals surface area (Å²) in [5.41, 5.74) is 2.96. The fourth-order valence-electron chi connectivity index (χ4n) is 2.64. The number of aromatic nitrogens is 2. The number of hydrogen-bond acceptors (Lipinski definition) is 4. The van der Waals surface area contributed by atoms with Crippen molar-refractivity contribution in [2.75, 3.05) is 19.0 Å². The molecule has 7 heteroatoms. The van der Waals surface area contributed by atoms with Gasteiger partial charge < -0.3 is 15.2 Å². The Hall–Kier alpha value is -2.93. The summed E-state index contributed by atoms with van der Waals surface area (Å²) in [4.78, 5) is 29.6. The third kappa shape index (κ3) is 3.52. The van der Waals surface area contributed by atoms with E-state index in [2.05, 4.69) is 10.3 Å². The number of carbonyl (C=O) groups is 1. The van der Waals surface area contributed by atoms with Gasteiger partial charge in [-0.3, -0.25) is 14.2 Å². The summed E-state index contributed by atoms with van der Waals surface area (Å²) in [6.07, 6.45) is 0. The summed E-state index contributed by atoms with van der Waals surface area (Å²) in [7, 11) is 5.58. The van der Waals surface area contributed by atoms with E-state index in [9.17, 15) is 9.59 Å². The number of aromatic amines is 1. The first-order valence-corrected chi connectivity index (χ1v) is 8.55. The number of H-pyrrole nitrogens is 1. The minimum Gasteiger partial charge on any atom is -0.378 e. The Morgan fingerprint density at radius 3 is 2.54 bits per heavy atom. The van der Waals surface area contributed by atoms with Crippen molar-refractivity contribution in [1.82, 2.24) is 14.9 Å². The molecule has 0 saturated carbocycles. The van der Waals surface area contributed by atoms with E-state index in [1.54, 1.807) is 25.2 Å². The van der Waals surface area contributed by atoms with Gasteiger partial charge in [0.05, 0.1) is 10.9 Å². The zero-order valence-corrected chi connectivity index (χ0v) is 15.7. The number of hydrogen-bond donors (Lipinski definition) is 2. The highest BCUT2D eigenvalue weighted by Crippen LogP contribution is 2.13. The quantitative estimate of drug-likeness (QED) is 0.695. The van der Waals surface area contributed by atoms with E-state index in [1.165, 1.54) is 4.57 Å². The second kappa shape index (κ2) is 7.13. The zero-order chi connectivity index (χ0) is 18.8. The first kappa shape index (κ1) is 17.9. The Labute approximate surface area is 156 Å². The van der Waals surface area contributed by atoms with Crippen LogP contribution in [0.1, 0.15) is 15.9 Å². The fraction of sp³-hybridized carbons (Fsp3) is 0.211. The lowest BCUT2D eigenvalue weighted by molar-refractivity contribution is 0.0951. The van der Waals surface area contributed by atoms with Gasteiger partial charge in [0.15, 0.2) is 4.77 Å². The summed E-state index contributed by atoms with van der Waals surface area (Å²) in [6, 6.07) is 12.9. The van der Waals surface area contributed by atoms with Gasteiger partial charge in [-0.1, -0.05) is 12.1 Å². The molecule has 0 aliphatic rings.